The predicted octanol–water partition coefficient (Wildman–Crippen LogP) is 5.04. The van der Waals surface area contributed by atoms with Gasteiger partial charge in [-0.1, -0.05) is 27.3 Å². The molecular weight excluding hydrogens is 662 g/mol. The number of hydrogen-bond acceptors (Lipinski definition) is 7. The van der Waals surface area contributed by atoms with Gasteiger partial charge in [0.1, 0.15) is 23.3 Å². The van der Waals surface area contributed by atoms with Gasteiger partial charge in [0.05, 0.1) is 41.1 Å². The molecule has 3 aromatic rings. The summed E-state index contributed by atoms with van der Waals surface area (Å²) in [5.74, 6) is 1.58. The summed E-state index contributed by atoms with van der Waals surface area (Å²) in [4.78, 5) is 35.1. The van der Waals surface area contributed by atoms with Gasteiger partial charge in [0.2, 0.25) is 0 Å². The van der Waals surface area contributed by atoms with Crippen molar-refractivity contribution in [2.75, 3.05) is 33.9 Å². The first-order valence-electron chi connectivity index (χ1n) is 12.8. The summed E-state index contributed by atoms with van der Waals surface area (Å²) in [6.45, 7) is 9.09. The van der Waals surface area contributed by atoms with Gasteiger partial charge in [-0.05, 0) is 80.0 Å². The summed E-state index contributed by atoms with van der Waals surface area (Å²) >= 11 is 8.37. The molecule has 1 amide bonds. The molecule has 1 aliphatic rings. The molecule has 2 aromatic carbocycles. The monoisotopic (exact) mass is 691 g/mol. The summed E-state index contributed by atoms with van der Waals surface area (Å²) in [7, 11) is 3.14. The zero-order valence-electron chi connectivity index (χ0n) is 23.2. The highest BCUT2D eigenvalue weighted by atomic mass is 79.9. The number of ether oxygens (including phenoxy) is 3. The molecule has 1 aliphatic heterocycles. The molecule has 0 unspecified atom stereocenters. The first-order chi connectivity index (χ1) is 19.2. The Kier molecular flexibility index (Phi) is 9.58. The molecular formula is C29H31Br2N3O5S. The van der Waals surface area contributed by atoms with Crippen molar-refractivity contribution in [1.82, 2.24) is 9.47 Å². The number of rotatable bonds is 9. The van der Waals surface area contributed by atoms with Crippen LogP contribution in [0.5, 0.6) is 17.2 Å². The number of halogens is 2. The normalized spacial score (nSPS) is 15.0. The third-order valence-electron chi connectivity index (χ3n) is 6.65. The van der Waals surface area contributed by atoms with Crippen molar-refractivity contribution in [3.8, 4) is 17.2 Å². The maximum Gasteiger partial charge on any atom is 0.271 e. The van der Waals surface area contributed by atoms with Crippen LogP contribution in [0.1, 0.15) is 44.9 Å². The van der Waals surface area contributed by atoms with E-state index in [0.29, 0.717) is 63.1 Å². The topological polar surface area (TPSA) is 82.4 Å². The van der Waals surface area contributed by atoms with Crippen LogP contribution in [0, 0.1) is 0 Å². The summed E-state index contributed by atoms with van der Waals surface area (Å²) in [5, 5.41) is 0. The summed E-state index contributed by atoms with van der Waals surface area (Å²) in [6, 6.07) is 8.41. The SMILES string of the molecule is CCOc1c(Br)cc(Br)cc1/C=c1/sc2n(c1=O)[C@@H](c1cc(OC)ccc1OC)C(C(=O)N(CC)CC)=C(C)N=2. The lowest BCUT2D eigenvalue weighted by atomic mass is 9.93. The Hall–Kier alpha value is -2.89. The molecule has 0 bridgehead atoms. The number of methoxy groups -OCH3 is 2. The molecule has 1 atom stereocenters. The van der Waals surface area contributed by atoms with Crippen LogP contribution in [0.15, 0.2) is 60.3 Å². The van der Waals surface area contributed by atoms with E-state index in [2.05, 4.69) is 31.9 Å². The Morgan fingerprint density at radius 3 is 2.48 bits per heavy atom. The summed E-state index contributed by atoms with van der Waals surface area (Å²) in [6.07, 6.45) is 1.80. The van der Waals surface area contributed by atoms with Crippen LogP contribution < -0.4 is 29.1 Å². The first kappa shape index (κ1) is 30.1. The lowest BCUT2D eigenvalue weighted by molar-refractivity contribution is -0.127. The first-order valence-corrected chi connectivity index (χ1v) is 15.2. The minimum absolute atomic E-state index is 0.176. The van der Waals surface area contributed by atoms with Gasteiger partial charge in [0.25, 0.3) is 11.5 Å². The van der Waals surface area contributed by atoms with E-state index >= 15 is 0 Å². The van der Waals surface area contributed by atoms with Crippen molar-refractivity contribution < 1.29 is 19.0 Å². The van der Waals surface area contributed by atoms with Crippen molar-refractivity contribution in [3.05, 3.63) is 81.4 Å². The third-order valence-corrected chi connectivity index (χ3v) is 8.68. The molecule has 2 heterocycles. The van der Waals surface area contributed by atoms with E-state index in [1.165, 1.54) is 11.3 Å². The minimum Gasteiger partial charge on any atom is -0.497 e. The summed E-state index contributed by atoms with van der Waals surface area (Å²) < 4.78 is 20.8. The molecule has 0 spiro atoms. The zero-order valence-corrected chi connectivity index (χ0v) is 27.2. The largest absolute Gasteiger partial charge is 0.497 e. The van der Waals surface area contributed by atoms with E-state index in [1.807, 2.05) is 45.9 Å². The van der Waals surface area contributed by atoms with E-state index in [4.69, 9.17) is 19.2 Å². The molecule has 1 aromatic heterocycles. The van der Waals surface area contributed by atoms with Gasteiger partial charge in [-0.15, -0.1) is 0 Å². The van der Waals surface area contributed by atoms with Gasteiger partial charge in [-0.25, -0.2) is 4.99 Å². The molecule has 0 saturated heterocycles. The van der Waals surface area contributed by atoms with E-state index in [-0.39, 0.29) is 11.5 Å². The molecule has 0 aliphatic carbocycles. The number of likely N-dealkylation sites (N-methyl/N-ethyl adjacent to an activating group) is 1. The molecule has 0 radical (unpaired) electrons. The van der Waals surface area contributed by atoms with E-state index in [9.17, 15) is 9.59 Å². The fourth-order valence-electron chi connectivity index (χ4n) is 4.75. The average molecular weight is 693 g/mol. The Morgan fingerprint density at radius 2 is 1.85 bits per heavy atom. The molecule has 0 saturated carbocycles. The summed E-state index contributed by atoms with van der Waals surface area (Å²) in [5.41, 5.74) is 2.09. The number of amides is 1. The Balaban J connectivity index is 2.05. The van der Waals surface area contributed by atoms with Crippen molar-refractivity contribution in [3.63, 3.8) is 0 Å². The minimum atomic E-state index is -0.767. The lowest BCUT2D eigenvalue weighted by Gasteiger charge is -2.30. The van der Waals surface area contributed by atoms with E-state index < -0.39 is 6.04 Å². The molecule has 0 N–H and O–H groups in total. The Labute approximate surface area is 253 Å². The maximum absolute atomic E-state index is 14.2. The van der Waals surface area contributed by atoms with Crippen LogP contribution in [-0.2, 0) is 4.79 Å². The highest BCUT2D eigenvalue weighted by Crippen LogP contribution is 2.38. The zero-order chi connectivity index (χ0) is 29.1. The van der Waals surface area contributed by atoms with Gasteiger partial charge in [-0.2, -0.15) is 0 Å². The van der Waals surface area contributed by atoms with Gasteiger partial charge in [-0.3, -0.25) is 14.2 Å². The maximum atomic E-state index is 14.2. The quantitative estimate of drug-likeness (QED) is 0.314. The van der Waals surface area contributed by atoms with Crippen molar-refractivity contribution in [2.45, 2.75) is 33.7 Å². The van der Waals surface area contributed by atoms with Crippen LogP contribution in [0.3, 0.4) is 0 Å². The third kappa shape index (κ3) is 5.64. The number of carbonyl (C=O) groups is 1. The fourth-order valence-corrected chi connectivity index (χ4v) is 7.16. The van der Waals surface area contributed by atoms with Crippen molar-refractivity contribution in [1.29, 1.82) is 0 Å². The van der Waals surface area contributed by atoms with E-state index in [1.54, 1.807) is 41.9 Å². The number of thiazole rings is 1. The Morgan fingerprint density at radius 1 is 1.12 bits per heavy atom. The van der Waals surface area contributed by atoms with Gasteiger partial charge < -0.3 is 19.1 Å². The molecule has 4 rings (SSSR count). The number of nitrogens with zero attached hydrogens (tertiary/aromatic N) is 3. The predicted molar refractivity (Wildman–Crippen MR) is 164 cm³/mol. The average Bonchev–Trinajstić information content (AvgIpc) is 3.23. The van der Waals surface area contributed by atoms with Gasteiger partial charge in [0, 0.05) is 28.7 Å². The second kappa shape index (κ2) is 12.7. The van der Waals surface area contributed by atoms with Crippen LogP contribution >= 0.6 is 43.2 Å². The van der Waals surface area contributed by atoms with Crippen molar-refractivity contribution in [2.24, 2.45) is 4.99 Å². The molecule has 11 heteroatoms. The number of carbonyl (C=O) groups excluding carboxylic acids is 1. The fraction of sp³-hybridized carbons (Fsp3) is 0.345. The second-order valence-corrected chi connectivity index (χ2v) is 11.7. The lowest BCUT2D eigenvalue weighted by Crippen LogP contribution is -2.43. The highest BCUT2D eigenvalue weighted by molar-refractivity contribution is 9.11. The van der Waals surface area contributed by atoms with Gasteiger partial charge in [0.15, 0.2) is 4.80 Å². The Bertz CT molecular complexity index is 1660. The van der Waals surface area contributed by atoms with E-state index in [0.717, 1.165) is 14.5 Å². The smallest absolute Gasteiger partial charge is 0.271 e. The highest BCUT2D eigenvalue weighted by Gasteiger charge is 2.36. The van der Waals surface area contributed by atoms with Crippen LogP contribution in [0.2, 0.25) is 0 Å². The molecule has 8 nitrogen and oxygen atoms in total. The van der Waals surface area contributed by atoms with Crippen LogP contribution in [0.25, 0.3) is 6.08 Å². The van der Waals surface area contributed by atoms with Crippen LogP contribution in [-0.4, -0.2) is 49.3 Å². The van der Waals surface area contributed by atoms with Crippen LogP contribution in [0.4, 0.5) is 0 Å². The number of hydrogen-bond donors (Lipinski definition) is 0. The van der Waals surface area contributed by atoms with Crippen molar-refractivity contribution >= 4 is 55.2 Å². The second-order valence-electron chi connectivity index (χ2n) is 8.91. The number of fused-ring (bicyclic) bond motifs is 1. The molecule has 0 fully saturated rings. The number of benzene rings is 2. The molecule has 212 valence electrons. The van der Waals surface area contributed by atoms with Gasteiger partial charge >= 0.3 is 0 Å². The number of allylic oxidation sites excluding steroid dienone is 1. The standard InChI is InChI=1S/C29H31Br2N3O5S/c1-7-33(8-2)28(36)24-16(4)32-29-34(25(24)20-15-19(37-5)10-11-22(20)38-6)27(35)23(40-29)13-17-12-18(30)14-21(31)26(17)39-9-3/h10-15,25H,7-9H2,1-6H3/b23-13+/t25-/m0/s1. The number of aromatic nitrogens is 1. The molecule has 40 heavy (non-hydrogen) atoms.